The van der Waals surface area contributed by atoms with Gasteiger partial charge >= 0.3 is 5.97 Å². The first-order valence-corrected chi connectivity index (χ1v) is 9.80. The van der Waals surface area contributed by atoms with Gasteiger partial charge in [-0.05, 0) is 32.3 Å². The van der Waals surface area contributed by atoms with Crippen LogP contribution in [0, 0.1) is 28.6 Å². The van der Waals surface area contributed by atoms with Crippen LogP contribution in [0.15, 0.2) is 11.6 Å². The topological polar surface area (TPSA) is 134 Å². The van der Waals surface area contributed by atoms with Crippen molar-refractivity contribution in [3.8, 4) is 0 Å². The van der Waals surface area contributed by atoms with E-state index in [0.29, 0.717) is 6.42 Å². The van der Waals surface area contributed by atoms with Crippen molar-refractivity contribution in [2.75, 3.05) is 6.61 Å². The number of carbonyl (C=O) groups is 2. The normalized spacial score (nSPS) is 59.9. The van der Waals surface area contributed by atoms with Gasteiger partial charge in [0.1, 0.15) is 23.9 Å². The number of ketones is 1. The Labute approximate surface area is 162 Å². The molecule has 5 rings (SSSR count). The predicted octanol–water partition coefficient (Wildman–Crippen LogP) is -1.07. The molecular weight excluding hydrogens is 368 g/mol. The number of allylic oxidation sites excluding steroid dienone is 1. The molecule has 0 aromatic carbocycles. The molecule has 0 aromatic rings. The highest BCUT2D eigenvalue weighted by molar-refractivity contribution is 5.96. The molecule has 2 aliphatic heterocycles. The van der Waals surface area contributed by atoms with Crippen LogP contribution in [0.1, 0.15) is 27.2 Å². The molecule has 4 N–H and O–H groups in total. The Balaban J connectivity index is 1.78. The lowest BCUT2D eigenvalue weighted by Crippen LogP contribution is -2.78. The third kappa shape index (κ3) is 1.72. The molecule has 8 heteroatoms. The lowest BCUT2D eigenvalue weighted by molar-refractivity contribution is -0.296. The maximum Gasteiger partial charge on any atom is 0.335 e. The number of carbonyl (C=O) groups excluding carboxylic acids is 2. The van der Waals surface area contributed by atoms with E-state index in [2.05, 4.69) is 0 Å². The predicted molar refractivity (Wildman–Crippen MR) is 92.7 cm³/mol. The van der Waals surface area contributed by atoms with Crippen LogP contribution in [0.2, 0.25) is 0 Å². The third-order valence-electron chi connectivity index (χ3n) is 8.73. The molecule has 0 amide bonds. The second kappa shape index (κ2) is 5.23. The minimum atomic E-state index is -1.51. The van der Waals surface area contributed by atoms with Crippen LogP contribution in [0.4, 0.5) is 0 Å². The first kappa shape index (κ1) is 18.7. The summed E-state index contributed by atoms with van der Waals surface area (Å²) in [7, 11) is 0. The van der Waals surface area contributed by atoms with Crippen molar-refractivity contribution in [2.45, 2.75) is 63.3 Å². The van der Waals surface area contributed by atoms with Gasteiger partial charge in [0.05, 0.1) is 12.7 Å². The minimum Gasteiger partial charge on any atom is -0.460 e. The van der Waals surface area contributed by atoms with Crippen molar-refractivity contribution in [1.29, 1.82) is 0 Å². The van der Waals surface area contributed by atoms with E-state index in [4.69, 9.17) is 9.47 Å². The summed E-state index contributed by atoms with van der Waals surface area (Å²) in [6.45, 7) is 5.21. The van der Waals surface area contributed by atoms with Crippen molar-refractivity contribution in [2.24, 2.45) is 28.6 Å². The van der Waals surface area contributed by atoms with E-state index >= 15 is 0 Å². The highest BCUT2D eigenvalue weighted by Crippen LogP contribution is 2.72. The molecule has 0 unspecified atom stereocenters. The molecule has 2 heterocycles. The van der Waals surface area contributed by atoms with Gasteiger partial charge in [-0.15, -0.1) is 0 Å². The van der Waals surface area contributed by atoms with E-state index in [1.807, 2.05) is 0 Å². The van der Waals surface area contributed by atoms with Gasteiger partial charge in [-0.2, -0.15) is 0 Å². The first-order valence-electron chi connectivity index (χ1n) is 9.80. The summed E-state index contributed by atoms with van der Waals surface area (Å²) >= 11 is 0. The molecular formula is C20H26O8. The quantitative estimate of drug-likeness (QED) is 0.382. The molecule has 4 fully saturated rings. The van der Waals surface area contributed by atoms with E-state index in [1.54, 1.807) is 20.8 Å². The number of hydrogen-bond acceptors (Lipinski definition) is 8. The van der Waals surface area contributed by atoms with E-state index in [1.165, 1.54) is 6.08 Å². The number of aliphatic hydroxyl groups excluding tert-OH is 4. The molecule has 2 saturated heterocycles. The average molecular weight is 394 g/mol. The molecule has 0 radical (unpaired) electrons. The molecule has 11 atom stereocenters. The minimum absolute atomic E-state index is 0.0634. The average Bonchev–Trinajstić information content (AvgIpc) is 2.90. The highest BCUT2D eigenvalue weighted by atomic mass is 16.6. The molecule has 1 spiro atoms. The smallest absolute Gasteiger partial charge is 0.335 e. The summed E-state index contributed by atoms with van der Waals surface area (Å²) < 4.78 is 11.6. The summed E-state index contributed by atoms with van der Waals surface area (Å²) in [6.07, 6.45) is -4.46. The van der Waals surface area contributed by atoms with Crippen molar-refractivity contribution < 1.29 is 39.5 Å². The molecule has 2 bridgehead atoms. The van der Waals surface area contributed by atoms with Gasteiger partial charge < -0.3 is 29.9 Å². The van der Waals surface area contributed by atoms with Gasteiger partial charge in [-0.25, -0.2) is 4.79 Å². The molecule has 28 heavy (non-hydrogen) atoms. The second-order valence-corrected chi connectivity index (χ2v) is 9.69. The Bertz CT molecular complexity index is 808. The van der Waals surface area contributed by atoms with Crippen LogP contribution in [0.25, 0.3) is 0 Å². The summed E-state index contributed by atoms with van der Waals surface area (Å²) in [5.74, 6) is -3.13. The third-order valence-corrected chi connectivity index (χ3v) is 8.73. The molecule has 154 valence electrons. The Kier molecular flexibility index (Phi) is 3.49. The SMILES string of the molecule is CC1=CC(=O)[C@@H](O)[C@]2(C)[C@H]3[C@@H](O)[C@@H](O)[C@@]4(C)OC[C@@]35[C@@H](C[C@@H]12)OC(=O)[C@H](O)[C@@H]45. The van der Waals surface area contributed by atoms with Crippen LogP contribution < -0.4 is 0 Å². The fraction of sp³-hybridized carbons (Fsp3) is 0.800. The van der Waals surface area contributed by atoms with Crippen molar-refractivity contribution in [1.82, 2.24) is 0 Å². The Hall–Kier alpha value is -1.32. The molecule has 0 aromatic heterocycles. The van der Waals surface area contributed by atoms with Gasteiger partial charge in [0.25, 0.3) is 0 Å². The van der Waals surface area contributed by atoms with Crippen LogP contribution in [-0.4, -0.2) is 74.9 Å². The van der Waals surface area contributed by atoms with Gasteiger partial charge in [0, 0.05) is 22.7 Å². The number of rotatable bonds is 0. The van der Waals surface area contributed by atoms with Crippen LogP contribution >= 0.6 is 0 Å². The first-order chi connectivity index (χ1) is 13.0. The fourth-order valence-corrected chi connectivity index (χ4v) is 7.59. The monoisotopic (exact) mass is 394 g/mol. The zero-order valence-electron chi connectivity index (χ0n) is 16.0. The molecule has 3 aliphatic carbocycles. The fourth-order valence-electron chi connectivity index (χ4n) is 7.59. The summed E-state index contributed by atoms with van der Waals surface area (Å²) in [4.78, 5) is 25.0. The number of fused-ring (bicyclic) bond motifs is 2. The second-order valence-electron chi connectivity index (χ2n) is 9.69. The molecule has 5 aliphatic rings. The summed E-state index contributed by atoms with van der Waals surface area (Å²) in [5.41, 5.74) is -2.67. The Morgan fingerprint density at radius 2 is 1.79 bits per heavy atom. The zero-order chi connectivity index (χ0) is 20.4. The maximum absolute atomic E-state index is 12.5. The largest absolute Gasteiger partial charge is 0.460 e. The Morgan fingerprint density at radius 3 is 2.46 bits per heavy atom. The van der Waals surface area contributed by atoms with Gasteiger partial charge in [-0.3, -0.25) is 4.79 Å². The van der Waals surface area contributed by atoms with Crippen LogP contribution in [0.3, 0.4) is 0 Å². The van der Waals surface area contributed by atoms with Crippen LogP contribution in [-0.2, 0) is 19.1 Å². The number of ether oxygens (including phenoxy) is 2. The van der Waals surface area contributed by atoms with E-state index < -0.39 is 70.5 Å². The zero-order valence-corrected chi connectivity index (χ0v) is 16.0. The van der Waals surface area contributed by atoms with Crippen molar-refractivity contribution in [3.05, 3.63) is 11.6 Å². The van der Waals surface area contributed by atoms with Gasteiger partial charge in [0.2, 0.25) is 0 Å². The van der Waals surface area contributed by atoms with Crippen molar-refractivity contribution >= 4 is 11.8 Å². The summed E-state index contributed by atoms with van der Waals surface area (Å²) in [5, 5.41) is 43.9. The van der Waals surface area contributed by atoms with E-state index in [0.717, 1.165) is 5.57 Å². The van der Waals surface area contributed by atoms with Crippen LogP contribution in [0.5, 0.6) is 0 Å². The number of esters is 1. The highest BCUT2D eigenvalue weighted by Gasteiger charge is 2.81. The van der Waals surface area contributed by atoms with Crippen molar-refractivity contribution in [3.63, 3.8) is 0 Å². The van der Waals surface area contributed by atoms with E-state index in [-0.39, 0.29) is 12.5 Å². The number of aliphatic hydroxyl groups is 4. The lowest BCUT2D eigenvalue weighted by Gasteiger charge is -2.68. The molecule has 2 saturated carbocycles. The molecule has 8 nitrogen and oxygen atoms in total. The maximum atomic E-state index is 12.5. The Morgan fingerprint density at radius 1 is 1.11 bits per heavy atom. The standard InChI is InChI=1S/C20H26O8/c1-7-4-9(21)15(24)18(2)8(7)5-10-20-6-27-19(3,16(25)11(22)13(18)20)14(20)12(23)17(26)28-10/h4,8,10-16,22-25H,5-6H2,1-3H3/t8-,10+,11+,12+,13+,14-,15+,16+,18-,19-,20+/m0/s1. The van der Waals surface area contributed by atoms with E-state index in [9.17, 15) is 30.0 Å². The number of hydrogen-bond donors (Lipinski definition) is 4. The van der Waals surface area contributed by atoms with Gasteiger partial charge in [0.15, 0.2) is 11.9 Å². The van der Waals surface area contributed by atoms with Gasteiger partial charge in [-0.1, -0.05) is 12.5 Å². The lowest BCUT2D eigenvalue weighted by atomic mass is 9.38. The summed E-state index contributed by atoms with van der Waals surface area (Å²) in [6, 6.07) is 0.